The number of hydrogen-bond donors (Lipinski definition) is 3. The maximum atomic E-state index is 13.8. The fraction of sp³-hybridized carbons (Fsp3) is 0.211. The molecule has 2 heterocycles. The smallest absolute Gasteiger partial charge is 0.241 e. The minimum absolute atomic E-state index is 0.0671. The van der Waals surface area contributed by atoms with Crippen molar-refractivity contribution < 1.29 is 18.4 Å². The van der Waals surface area contributed by atoms with E-state index in [9.17, 15) is 18.4 Å². The number of amidine groups is 1. The molecular weight excluding hydrogens is 436 g/mol. The van der Waals surface area contributed by atoms with Crippen LogP contribution in [0.5, 0.6) is 0 Å². The monoisotopic (exact) mass is 451 g/mol. The van der Waals surface area contributed by atoms with Crippen LogP contribution in [0.25, 0.3) is 0 Å². The molecule has 0 aromatic heterocycles. The standard InChI is InChI=1S/C19H16ClF2N5O2S/c20-12-3-1-2-4-15(12)24-16(28)9-30-19-25-17-11(8-23-26-17)18(29)27(19)10-5-6-13(21)14(22)7-10/h1-7,11,17,23,26H,8-9H2,(H,24,28). The van der Waals surface area contributed by atoms with Crippen molar-refractivity contribution in [3.8, 4) is 0 Å². The van der Waals surface area contributed by atoms with Crippen LogP contribution in [-0.4, -0.2) is 35.4 Å². The van der Waals surface area contributed by atoms with Crippen molar-refractivity contribution in [2.45, 2.75) is 6.17 Å². The van der Waals surface area contributed by atoms with Crippen LogP contribution in [0, 0.1) is 17.6 Å². The highest BCUT2D eigenvalue weighted by Gasteiger charge is 2.42. The number of amides is 2. The molecule has 0 bridgehead atoms. The van der Waals surface area contributed by atoms with Gasteiger partial charge in [0.1, 0.15) is 6.17 Å². The Morgan fingerprint density at radius 1 is 1.27 bits per heavy atom. The summed E-state index contributed by atoms with van der Waals surface area (Å²) in [5.41, 5.74) is 6.37. The molecular formula is C19H16ClF2N5O2S. The Morgan fingerprint density at radius 3 is 2.83 bits per heavy atom. The summed E-state index contributed by atoms with van der Waals surface area (Å²) in [6, 6.07) is 9.98. The second kappa shape index (κ2) is 8.68. The van der Waals surface area contributed by atoms with E-state index >= 15 is 0 Å². The first-order valence-corrected chi connectivity index (χ1v) is 10.3. The van der Waals surface area contributed by atoms with E-state index in [2.05, 4.69) is 21.2 Å². The molecule has 2 aliphatic rings. The number of anilines is 2. The number of nitrogens with one attached hydrogen (secondary N) is 3. The predicted octanol–water partition coefficient (Wildman–Crippen LogP) is 2.74. The van der Waals surface area contributed by atoms with Gasteiger partial charge in [-0.15, -0.1) is 0 Å². The largest absolute Gasteiger partial charge is 0.324 e. The third kappa shape index (κ3) is 4.17. The zero-order valence-corrected chi connectivity index (χ0v) is 16.9. The molecule has 30 heavy (non-hydrogen) atoms. The molecule has 0 aliphatic carbocycles. The van der Waals surface area contributed by atoms with Gasteiger partial charge in [0.15, 0.2) is 16.8 Å². The van der Waals surface area contributed by atoms with Gasteiger partial charge in [0, 0.05) is 12.6 Å². The summed E-state index contributed by atoms with van der Waals surface area (Å²) < 4.78 is 27.2. The van der Waals surface area contributed by atoms with E-state index in [1.807, 2.05) is 0 Å². The number of halogens is 3. The van der Waals surface area contributed by atoms with E-state index in [1.165, 1.54) is 11.0 Å². The third-order valence-electron chi connectivity index (χ3n) is 4.57. The first-order chi connectivity index (χ1) is 14.4. The number of hydrazine groups is 1. The highest BCUT2D eigenvalue weighted by Crippen LogP contribution is 2.30. The number of aliphatic imine (C=N–C) groups is 1. The van der Waals surface area contributed by atoms with Crippen molar-refractivity contribution in [3.05, 3.63) is 59.1 Å². The Hall–Kier alpha value is -2.53. The number of thioether (sulfide) groups is 1. The van der Waals surface area contributed by atoms with Crippen LogP contribution in [0.15, 0.2) is 47.5 Å². The highest BCUT2D eigenvalue weighted by atomic mass is 35.5. The highest BCUT2D eigenvalue weighted by molar-refractivity contribution is 8.14. The number of carbonyl (C=O) groups excluding carboxylic acids is 2. The summed E-state index contributed by atoms with van der Waals surface area (Å²) in [6.45, 7) is 0.345. The summed E-state index contributed by atoms with van der Waals surface area (Å²) in [5, 5.41) is 3.29. The van der Waals surface area contributed by atoms with Crippen molar-refractivity contribution in [1.29, 1.82) is 0 Å². The van der Waals surface area contributed by atoms with Gasteiger partial charge < -0.3 is 5.32 Å². The predicted molar refractivity (Wildman–Crippen MR) is 112 cm³/mol. The maximum Gasteiger partial charge on any atom is 0.241 e. The fourth-order valence-corrected chi connectivity index (χ4v) is 4.14. The number of benzene rings is 2. The lowest BCUT2D eigenvalue weighted by molar-refractivity contribution is -0.121. The van der Waals surface area contributed by atoms with Gasteiger partial charge in [-0.3, -0.25) is 19.9 Å². The molecule has 1 saturated heterocycles. The topological polar surface area (TPSA) is 85.8 Å². The molecule has 2 amide bonds. The van der Waals surface area contributed by atoms with Crippen LogP contribution in [-0.2, 0) is 9.59 Å². The van der Waals surface area contributed by atoms with Crippen molar-refractivity contribution in [3.63, 3.8) is 0 Å². The van der Waals surface area contributed by atoms with Gasteiger partial charge in [0.25, 0.3) is 0 Å². The second-order valence-electron chi connectivity index (χ2n) is 6.58. The number of nitrogens with zero attached hydrogens (tertiary/aromatic N) is 2. The Morgan fingerprint density at radius 2 is 2.07 bits per heavy atom. The molecule has 0 radical (unpaired) electrons. The fourth-order valence-electron chi connectivity index (χ4n) is 3.11. The molecule has 156 valence electrons. The number of rotatable bonds is 4. The molecule has 1 fully saturated rings. The van der Waals surface area contributed by atoms with Gasteiger partial charge in [-0.25, -0.2) is 19.2 Å². The van der Waals surface area contributed by atoms with Crippen LogP contribution < -0.4 is 21.1 Å². The molecule has 2 unspecified atom stereocenters. The first-order valence-electron chi connectivity index (χ1n) is 8.96. The van der Waals surface area contributed by atoms with Gasteiger partial charge >= 0.3 is 0 Å². The van der Waals surface area contributed by atoms with E-state index in [0.717, 1.165) is 23.9 Å². The number of carbonyl (C=O) groups is 2. The zero-order chi connectivity index (χ0) is 21.3. The maximum absolute atomic E-state index is 13.8. The molecule has 3 N–H and O–H groups in total. The Bertz CT molecular complexity index is 1040. The van der Waals surface area contributed by atoms with Crippen molar-refractivity contribution in [2.75, 3.05) is 22.5 Å². The molecule has 0 spiro atoms. The van der Waals surface area contributed by atoms with Crippen LogP contribution in [0.2, 0.25) is 5.02 Å². The number of hydrogen-bond acceptors (Lipinski definition) is 6. The quantitative estimate of drug-likeness (QED) is 0.665. The SMILES string of the molecule is O=C(CSC1=NC2NNCC2C(=O)N1c1ccc(F)c(F)c1)Nc1ccccc1Cl. The molecule has 7 nitrogen and oxygen atoms in total. The van der Waals surface area contributed by atoms with Crippen LogP contribution in [0.4, 0.5) is 20.2 Å². The van der Waals surface area contributed by atoms with Crippen molar-refractivity contribution in [1.82, 2.24) is 10.9 Å². The lowest BCUT2D eigenvalue weighted by Gasteiger charge is -2.32. The lowest BCUT2D eigenvalue weighted by Crippen LogP contribution is -2.49. The minimum atomic E-state index is -1.08. The van der Waals surface area contributed by atoms with Crippen LogP contribution >= 0.6 is 23.4 Å². The summed E-state index contributed by atoms with van der Waals surface area (Å²) in [5.74, 6) is -3.34. The summed E-state index contributed by atoms with van der Waals surface area (Å²) in [4.78, 5) is 31.1. The minimum Gasteiger partial charge on any atom is -0.324 e. The summed E-state index contributed by atoms with van der Waals surface area (Å²) in [6.07, 6.45) is -0.506. The molecule has 11 heteroatoms. The first kappa shape index (κ1) is 20.7. The number of fused-ring (bicyclic) bond motifs is 1. The summed E-state index contributed by atoms with van der Waals surface area (Å²) >= 11 is 7.06. The molecule has 4 rings (SSSR count). The lowest BCUT2D eigenvalue weighted by atomic mass is 10.0. The zero-order valence-electron chi connectivity index (χ0n) is 15.4. The average Bonchev–Trinajstić information content (AvgIpc) is 3.19. The van der Waals surface area contributed by atoms with Gasteiger partial charge in [0.05, 0.1) is 28.1 Å². The Kier molecular flexibility index (Phi) is 6.00. The van der Waals surface area contributed by atoms with E-state index in [0.29, 0.717) is 17.3 Å². The Balaban J connectivity index is 1.55. The van der Waals surface area contributed by atoms with Crippen LogP contribution in [0.3, 0.4) is 0 Å². The Labute approximate surface area is 179 Å². The van der Waals surface area contributed by atoms with Gasteiger partial charge in [0.2, 0.25) is 11.8 Å². The van der Waals surface area contributed by atoms with Gasteiger partial charge in [-0.1, -0.05) is 35.5 Å². The van der Waals surface area contributed by atoms with Crippen molar-refractivity contribution >= 4 is 51.7 Å². The van der Waals surface area contributed by atoms with Crippen LogP contribution in [0.1, 0.15) is 0 Å². The molecule has 2 aromatic carbocycles. The van der Waals surface area contributed by atoms with E-state index in [1.54, 1.807) is 24.3 Å². The normalized spacial score (nSPS) is 20.7. The summed E-state index contributed by atoms with van der Waals surface area (Å²) in [7, 11) is 0. The van der Waals surface area contributed by atoms with Crippen molar-refractivity contribution in [2.24, 2.45) is 10.9 Å². The van der Waals surface area contributed by atoms with E-state index < -0.39 is 23.7 Å². The van der Waals surface area contributed by atoms with E-state index in [-0.39, 0.29) is 28.4 Å². The average molecular weight is 452 g/mol. The number of para-hydroxylation sites is 1. The third-order valence-corrected chi connectivity index (χ3v) is 5.86. The molecule has 2 atom stereocenters. The molecule has 2 aromatic rings. The molecule has 0 saturated carbocycles. The molecule has 2 aliphatic heterocycles. The van der Waals surface area contributed by atoms with Gasteiger partial charge in [-0.05, 0) is 24.3 Å². The van der Waals surface area contributed by atoms with E-state index in [4.69, 9.17) is 11.6 Å². The second-order valence-corrected chi connectivity index (χ2v) is 7.93. The van der Waals surface area contributed by atoms with Gasteiger partial charge in [-0.2, -0.15) is 0 Å².